The number of hydrogen-bond acceptors (Lipinski definition) is 6. The van der Waals surface area contributed by atoms with E-state index < -0.39 is 16.1 Å². The minimum Gasteiger partial charge on any atom is -0.360 e. The number of amides is 2. The van der Waals surface area contributed by atoms with Crippen LogP contribution in [0, 0.1) is 13.8 Å². The quantitative estimate of drug-likeness (QED) is 0.538. The summed E-state index contributed by atoms with van der Waals surface area (Å²) in [7, 11) is -3.76. The maximum absolute atomic E-state index is 13.2. The highest BCUT2D eigenvalue weighted by molar-refractivity contribution is 7.89. The molecular weight excluding hydrogens is 468 g/mol. The molecule has 35 heavy (non-hydrogen) atoms. The molecule has 0 radical (unpaired) electrons. The van der Waals surface area contributed by atoms with Crippen molar-refractivity contribution in [2.45, 2.75) is 31.2 Å². The Balaban J connectivity index is 1.43. The van der Waals surface area contributed by atoms with E-state index in [0.29, 0.717) is 11.3 Å². The number of piperazine rings is 1. The number of aryl methyl sites for hydroxylation is 2. The molecule has 0 spiro atoms. The second-order valence-corrected chi connectivity index (χ2v) is 10.3. The van der Waals surface area contributed by atoms with Gasteiger partial charge in [0.05, 0.1) is 12.5 Å². The highest BCUT2D eigenvalue weighted by atomic mass is 32.2. The molecule has 2 heterocycles. The highest BCUT2D eigenvalue weighted by Crippen LogP contribution is 2.25. The lowest BCUT2D eigenvalue weighted by Gasteiger charge is -2.34. The van der Waals surface area contributed by atoms with Crippen LogP contribution in [0.5, 0.6) is 0 Å². The molecule has 2 amide bonds. The first-order chi connectivity index (χ1) is 16.8. The molecule has 1 aliphatic rings. The maximum Gasteiger partial charge on any atom is 0.251 e. The van der Waals surface area contributed by atoms with Crippen molar-refractivity contribution in [3.05, 3.63) is 83.2 Å². The van der Waals surface area contributed by atoms with Gasteiger partial charge in [-0.15, -0.1) is 0 Å². The molecule has 1 aliphatic heterocycles. The molecule has 1 fully saturated rings. The van der Waals surface area contributed by atoms with Crippen molar-refractivity contribution >= 4 is 21.8 Å². The van der Waals surface area contributed by atoms with E-state index in [-0.39, 0.29) is 55.1 Å². The zero-order valence-electron chi connectivity index (χ0n) is 19.7. The molecule has 184 valence electrons. The minimum absolute atomic E-state index is 0.0687. The molecule has 0 saturated carbocycles. The van der Waals surface area contributed by atoms with Crippen LogP contribution >= 0.6 is 0 Å². The summed E-state index contributed by atoms with van der Waals surface area (Å²) in [6.45, 7) is 4.02. The van der Waals surface area contributed by atoms with E-state index in [1.165, 1.54) is 4.31 Å². The SMILES string of the molecule is Cc1noc(C)c1S(=O)(=O)N1CCN(C(=O)C[C@@H](NC(=O)c2ccccc2)c2ccccc2)CC1. The maximum atomic E-state index is 13.2. The molecule has 0 aliphatic carbocycles. The van der Waals surface area contributed by atoms with Gasteiger partial charge in [-0.25, -0.2) is 8.42 Å². The zero-order chi connectivity index (χ0) is 25.0. The van der Waals surface area contributed by atoms with Crippen molar-refractivity contribution in [1.82, 2.24) is 19.7 Å². The van der Waals surface area contributed by atoms with Gasteiger partial charge in [-0.05, 0) is 31.5 Å². The zero-order valence-corrected chi connectivity index (χ0v) is 20.5. The third kappa shape index (κ3) is 5.44. The minimum atomic E-state index is -3.76. The summed E-state index contributed by atoms with van der Waals surface area (Å²) in [5.74, 6) is -0.162. The van der Waals surface area contributed by atoms with Crippen LogP contribution in [0.2, 0.25) is 0 Å². The van der Waals surface area contributed by atoms with Gasteiger partial charge in [-0.1, -0.05) is 53.7 Å². The summed E-state index contributed by atoms with van der Waals surface area (Å²) < 4.78 is 32.5. The number of carbonyl (C=O) groups is 2. The van der Waals surface area contributed by atoms with E-state index in [2.05, 4.69) is 10.5 Å². The van der Waals surface area contributed by atoms with Crippen LogP contribution in [0.25, 0.3) is 0 Å². The molecule has 2 aromatic carbocycles. The molecule has 4 rings (SSSR count). The van der Waals surface area contributed by atoms with Crippen molar-refractivity contribution in [3.8, 4) is 0 Å². The normalized spacial score (nSPS) is 15.5. The fourth-order valence-corrected chi connectivity index (χ4v) is 5.94. The first-order valence-electron chi connectivity index (χ1n) is 11.4. The summed E-state index contributed by atoms with van der Waals surface area (Å²) in [4.78, 5) is 27.7. The number of benzene rings is 2. The number of aromatic nitrogens is 1. The van der Waals surface area contributed by atoms with Crippen molar-refractivity contribution in [2.24, 2.45) is 0 Å². The predicted molar refractivity (Wildman–Crippen MR) is 129 cm³/mol. The number of nitrogens with one attached hydrogen (secondary N) is 1. The Morgan fingerprint density at radius 3 is 2.14 bits per heavy atom. The number of carbonyl (C=O) groups excluding carboxylic acids is 2. The molecule has 9 nitrogen and oxygen atoms in total. The third-order valence-corrected chi connectivity index (χ3v) is 8.22. The third-order valence-electron chi connectivity index (χ3n) is 6.08. The molecule has 10 heteroatoms. The number of rotatable bonds is 7. The Morgan fingerprint density at radius 2 is 1.57 bits per heavy atom. The van der Waals surface area contributed by atoms with E-state index in [0.717, 1.165) is 5.56 Å². The number of nitrogens with zero attached hydrogens (tertiary/aromatic N) is 3. The lowest BCUT2D eigenvalue weighted by atomic mass is 10.0. The summed E-state index contributed by atoms with van der Waals surface area (Å²) in [5, 5.41) is 6.72. The van der Waals surface area contributed by atoms with Gasteiger partial charge in [-0.3, -0.25) is 9.59 Å². The van der Waals surface area contributed by atoms with Crippen LogP contribution < -0.4 is 5.32 Å². The van der Waals surface area contributed by atoms with Crippen molar-refractivity contribution in [1.29, 1.82) is 0 Å². The average Bonchev–Trinajstić information content (AvgIpc) is 3.23. The molecule has 1 atom stereocenters. The second-order valence-electron chi connectivity index (χ2n) is 8.45. The Labute approximate surface area is 204 Å². The molecule has 1 N–H and O–H groups in total. The van der Waals surface area contributed by atoms with Gasteiger partial charge >= 0.3 is 0 Å². The van der Waals surface area contributed by atoms with Gasteiger partial charge in [-0.2, -0.15) is 4.31 Å². The molecule has 0 unspecified atom stereocenters. The van der Waals surface area contributed by atoms with Gasteiger partial charge in [0.1, 0.15) is 10.6 Å². The Hall–Kier alpha value is -3.50. The summed E-state index contributed by atoms with van der Waals surface area (Å²) >= 11 is 0. The van der Waals surface area contributed by atoms with Crippen LogP contribution in [0.1, 0.15) is 39.8 Å². The Morgan fingerprint density at radius 1 is 0.971 bits per heavy atom. The smallest absolute Gasteiger partial charge is 0.251 e. The van der Waals surface area contributed by atoms with Gasteiger partial charge < -0.3 is 14.7 Å². The van der Waals surface area contributed by atoms with Gasteiger partial charge in [0.25, 0.3) is 5.91 Å². The Bertz CT molecular complexity index is 1260. The summed E-state index contributed by atoms with van der Waals surface area (Å²) in [6.07, 6.45) is 0.0687. The monoisotopic (exact) mass is 496 g/mol. The van der Waals surface area contributed by atoms with Crippen molar-refractivity contribution in [2.75, 3.05) is 26.2 Å². The second kappa shape index (κ2) is 10.4. The Kier molecular flexibility index (Phi) is 7.32. The largest absolute Gasteiger partial charge is 0.360 e. The number of sulfonamides is 1. The fraction of sp³-hybridized carbons (Fsp3) is 0.320. The molecular formula is C25H28N4O5S. The molecule has 1 saturated heterocycles. The van der Waals surface area contributed by atoms with Crippen LogP contribution in [0.15, 0.2) is 70.1 Å². The van der Waals surface area contributed by atoms with Crippen molar-refractivity contribution < 1.29 is 22.5 Å². The van der Waals surface area contributed by atoms with Gasteiger partial charge in [0.15, 0.2) is 5.76 Å². The lowest BCUT2D eigenvalue weighted by molar-refractivity contribution is -0.132. The first-order valence-corrected chi connectivity index (χ1v) is 12.8. The van der Waals surface area contributed by atoms with Crippen LogP contribution in [-0.4, -0.2) is 60.8 Å². The average molecular weight is 497 g/mol. The standard InChI is InChI=1S/C25H28N4O5S/c1-18-24(19(2)34-27-18)35(32,33)29-15-13-28(14-16-29)23(30)17-22(20-9-5-3-6-10-20)26-25(31)21-11-7-4-8-12-21/h3-12,22H,13-17H2,1-2H3,(H,26,31)/t22-/m1/s1. The van der Waals surface area contributed by atoms with E-state index >= 15 is 0 Å². The molecule has 3 aromatic rings. The van der Waals surface area contributed by atoms with Crippen LogP contribution in [0.3, 0.4) is 0 Å². The summed E-state index contributed by atoms with van der Waals surface area (Å²) in [6, 6.07) is 17.7. The van der Waals surface area contributed by atoms with Crippen molar-refractivity contribution in [3.63, 3.8) is 0 Å². The van der Waals surface area contributed by atoms with Gasteiger partial charge in [0.2, 0.25) is 15.9 Å². The van der Waals surface area contributed by atoms with Crippen LogP contribution in [0.4, 0.5) is 0 Å². The number of hydrogen-bond donors (Lipinski definition) is 1. The molecule has 0 bridgehead atoms. The highest BCUT2D eigenvalue weighted by Gasteiger charge is 2.34. The topological polar surface area (TPSA) is 113 Å². The van der Waals surface area contributed by atoms with E-state index in [4.69, 9.17) is 4.52 Å². The van der Waals surface area contributed by atoms with E-state index in [1.54, 1.807) is 43.0 Å². The van der Waals surface area contributed by atoms with E-state index in [1.807, 2.05) is 36.4 Å². The summed E-state index contributed by atoms with van der Waals surface area (Å²) in [5.41, 5.74) is 1.66. The van der Waals surface area contributed by atoms with Gasteiger partial charge in [0, 0.05) is 31.7 Å². The predicted octanol–water partition coefficient (Wildman–Crippen LogP) is 2.69. The molecule has 1 aromatic heterocycles. The van der Waals surface area contributed by atoms with Crippen LogP contribution in [-0.2, 0) is 14.8 Å². The van der Waals surface area contributed by atoms with E-state index in [9.17, 15) is 18.0 Å². The lowest BCUT2D eigenvalue weighted by Crippen LogP contribution is -2.51. The first kappa shape index (κ1) is 24.6. The fourth-order valence-electron chi connectivity index (χ4n) is 4.22.